The van der Waals surface area contributed by atoms with Crippen molar-refractivity contribution in [2.75, 3.05) is 25.6 Å². The van der Waals surface area contributed by atoms with Crippen LogP contribution in [-0.2, 0) is 16.0 Å². The standard InChI is InChI=1S/C12H15NO4/c1-16-12(15)7-13-10-5-8(14)6-11-9(10)3-2-4-17-11/h5-6,13-14H,2-4,7H2,1H3. The Labute approximate surface area is 99.3 Å². The molecule has 0 amide bonds. The second-order valence-corrected chi connectivity index (χ2v) is 3.85. The molecule has 1 heterocycles. The minimum absolute atomic E-state index is 0.0758. The fraction of sp³-hybridized carbons (Fsp3) is 0.417. The van der Waals surface area contributed by atoms with Gasteiger partial charge in [-0.15, -0.1) is 0 Å². The van der Waals surface area contributed by atoms with E-state index >= 15 is 0 Å². The van der Waals surface area contributed by atoms with Crippen LogP contribution in [0.1, 0.15) is 12.0 Å². The Kier molecular flexibility index (Phi) is 3.37. The summed E-state index contributed by atoms with van der Waals surface area (Å²) in [4.78, 5) is 11.1. The molecule has 0 saturated carbocycles. The van der Waals surface area contributed by atoms with E-state index in [4.69, 9.17) is 4.74 Å². The molecule has 0 spiro atoms. The number of anilines is 1. The summed E-state index contributed by atoms with van der Waals surface area (Å²) in [5.74, 6) is 0.459. The number of nitrogens with one attached hydrogen (secondary N) is 1. The predicted molar refractivity (Wildman–Crippen MR) is 62.4 cm³/mol. The van der Waals surface area contributed by atoms with Gasteiger partial charge in [0.1, 0.15) is 18.0 Å². The lowest BCUT2D eigenvalue weighted by Crippen LogP contribution is -2.17. The third kappa shape index (κ3) is 2.61. The number of phenols is 1. The molecule has 17 heavy (non-hydrogen) atoms. The Morgan fingerprint density at radius 3 is 3.18 bits per heavy atom. The van der Waals surface area contributed by atoms with E-state index in [9.17, 15) is 9.90 Å². The van der Waals surface area contributed by atoms with Crippen LogP contribution in [0.25, 0.3) is 0 Å². The van der Waals surface area contributed by atoms with Crippen molar-refractivity contribution in [1.82, 2.24) is 0 Å². The van der Waals surface area contributed by atoms with E-state index in [1.807, 2.05) is 0 Å². The number of rotatable bonds is 3. The quantitative estimate of drug-likeness (QED) is 0.776. The maximum Gasteiger partial charge on any atom is 0.325 e. The van der Waals surface area contributed by atoms with Crippen LogP contribution in [0.3, 0.4) is 0 Å². The summed E-state index contributed by atoms with van der Waals surface area (Å²) in [6, 6.07) is 3.19. The van der Waals surface area contributed by atoms with Gasteiger partial charge in [0, 0.05) is 23.4 Å². The van der Waals surface area contributed by atoms with E-state index < -0.39 is 0 Å². The van der Waals surface area contributed by atoms with Crippen LogP contribution >= 0.6 is 0 Å². The average molecular weight is 237 g/mol. The molecule has 1 aromatic carbocycles. The van der Waals surface area contributed by atoms with Crippen molar-refractivity contribution < 1.29 is 19.4 Å². The Morgan fingerprint density at radius 1 is 1.59 bits per heavy atom. The molecule has 0 aliphatic carbocycles. The molecule has 0 bridgehead atoms. The first-order valence-corrected chi connectivity index (χ1v) is 5.50. The highest BCUT2D eigenvalue weighted by Gasteiger charge is 2.16. The first-order chi connectivity index (χ1) is 8.20. The number of methoxy groups -OCH3 is 1. The van der Waals surface area contributed by atoms with Crippen LogP contribution in [0.5, 0.6) is 11.5 Å². The lowest BCUT2D eigenvalue weighted by atomic mass is 10.0. The van der Waals surface area contributed by atoms with Gasteiger partial charge < -0.3 is 19.9 Å². The Morgan fingerprint density at radius 2 is 2.41 bits per heavy atom. The number of aromatic hydroxyl groups is 1. The second kappa shape index (κ2) is 4.95. The molecule has 1 aromatic rings. The zero-order valence-electron chi connectivity index (χ0n) is 9.66. The lowest BCUT2D eigenvalue weighted by molar-refractivity contribution is -0.138. The van der Waals surface area contributed by atoms with Gasteiger partial charge >= 0.3 is 5.97 Å². The van der Waals surface area contributed by atoms with Gasteiger partial charge in [0.25, 0.3) is 0 Å². The number of hydrogen-bond donors (Lipinski definition) is 2. The van der Waals surface area contributed by atoms with E-state index in [0.29, 0.717) is 12.4 Å². The van der Waals surface area contributed by atoms with Crippen molar-refractivity contribution in [3.8, 4) is 11.5 Å². The van der Waals surface area contributed by atoms with Gasteiger partial charge in [-0.05, 0) is 12.8 Å². The highest BCUT2D eigenvalue weighted by atomic mass is 16.5. The molecule has 1 aliphatic rings. The van der Waals surface area contributed by atoms with Gasteiger partial charge in [0.2, 0.25) is 0 Å². The Hall–Kier alpha value is -1.91. The van der Waals surface area contributed by atoms with Crippen molar-refractivity contribution in [3.05, 3.63) is 17.7 Å². The van der Waals surface area contributed by atoms with Gasteiger partial charge in [-0.25, -0.2) is 0 Å². The SMILES string of the molecule is COC(=O)CNc1cc(O)cc2c1CCCO2. The molecule has 1 aliphatic heterocycles. The van der Waals surface area contributed by atoms with Crippen LogP contribution in [-0.4, -0.2) is 31.3 Å². The first kappa shape index (κ1) is 11.6. The summed E-state index contributed by atoms with van der Waals surface area (Å²) in [6.45, 7) is 0.735. The normalized spacial score (nSPS) is 13.5. The zero-order chi connectivity index (χ0) is 12.3. The van der Waals surface area contributed by atoms with Crippen LogP contribution in [0.4, 0.5) is 5.69 Å². The van der Waals surface area contributed by atoms with Gasteiger partial charge in [-0.1, -0.05) is 0 Å². The Balaban J connectivity index is 2.20. The van der Waals surface area contributed by atoms with Crippen LogP contribution in [0.2, 0.25) is 0 Å². The highest BCUT2D eigenvalue weighted by molar-refractivity contribution is 5.76. The molecule has 0 unspecified atom stereocenters. The monoisotopic (exact) mass is 237 g/mol. The topological polar surface area (TPSA) is 67.8 Å². The zero-order valence-corrected chi connectivity index (χ0v) is 9.66. The molecule has 2 rings (SSSR count). The molecular weight excluding hydrogens is 222 g/mol. The van der Waals surface area contributed by atoms with Gasteiger partial charge in [0.05, 0.1) is 13.7 Å². The number of phenolic OH excluding ortho intramolecular Hbond substituents is 1. The summed E-state index contributed by atoms with van der Waals surface area (Å²) < 4.78 is 10.0. The van der Waals surface area contributed by atoms with Crippen molar-refractivity contribution in [2.24, 2.45) is 0 Å². The first-order valence-electron chi connectivity index (χ1n) is 5.50. The van der Waals surface area contributed by atoms with Crippen molar-refractivity contribution >= 4 is 11.7 Å². The Bertz CT molecular complexity index is 431. The highest BCUT2D eigenvalue weighted by Crippen LogP contribution is 2.35. The molecule has 5 heteroatoms. The van der Waals surface area contributed by atoms with Crippen LogP contribution < -0.4 is 10.1 Å². The van der Waals surface area contributed by atoms with E-state index in [-0.39, 0.29) is 18.3 Å². The van der Waals surface area contributed by atoms with E-state index in [0.717, 1.165) is 24.1 Å². The number of benzene rings is 1. The minimum Gasteiger partial charge on any atom is -0.508 e. The molecule has 0 fully saturated rings. The third-order valence-electron chi connectivity index (χ3n) is 2.67. The fourth-order valence-corrected chi connectivity index (χ4v) is 1.85. The molecule has 0 radical (unpaired) electrons. The molecule has 0 aromatic heterocycles. The van der Waals surface area contributed by atoms with E-state index in [1.165, 1.54) is 7.11 Å². The molecule has 92 valence electrons. The molecule has 0 atom stereocenters. The van der Waals surface area contributed by atoms with E-state index in [1.54, 1.807) is 12.1 Å². The van der Waals surface area contributed by atoms with Crippen molar-refractivity contribution in [3.63, 3.8) is 0 Å². The van der Waals surface area contributed by atoms with Crippen LogP contribution in [0, 0.1) is 0 Å². The maximum atomic E-state index is 11.1. The van der Waals surface area contributed by atoms with Crippen molar-refractivity contribution in [1.29, 1.82) is 0 Å². The maximum absolute atomic E-state index is 11.1. The number of ether oxygens (including phenoxy) is 2. The summed E-state index contributed by atoms with van der Waals surface area (Å²) in [7, 11) is 1.34. The number of fused-ring (bicyclic) bond motifs is 1. The summed E-state index contributed by atoms with van der Waals surface area (Å²) >= 11 is 0. The second-order valence-electron chi connectivity index (χ2n) is 3.85. The molecule has 2 N–H and O–H groups in total. The van der Waals surface area contributed by atoms with Gasteiger partial charge in [-0.2, -0.15) is 0 Å². The summed E-state index contributed by atoms with van der Waals surface area (Å²) in [5.41, 5.74) is 1.73. The number of carbonyl (C=O) groups excluding carboxylic acids is 1. The van der Waals surface area contributed by atoms with Crippen molar-refractivity contribution in [2.45, 2.75) is 12.8 Å². The molecule has 5 nitrogen and oxygen atoms in total. The number of hydrogen-bond acceptors (Lipinski definition) is 5. The third-order valence-corrected chi connectivity index (χ3v) is 2.67. The van der Waals surface area contributed by atoms with E-state index in [2.05, 4.69) is 10.1 Å². The average Bonchev–Trinajstić information content (AvgIpc) is 2.35. The number of esters is 1. The van der Waals surface area contributed by atoms with Gasteiger partial charge in [0.15, 0.2) is 0 Å². The van der Waals surface area contributed by atoms with Gasteiger partial charge in [-0.3, -0.25) is 4.79 Å². The smallest absolute Gasteiger partial charge is 0.325 e. The lowest BCUT2D eigenvalue weighted by Gasteiger charge is -2.21. The summed E-state index contributed by atoms with van der Waals surface area (Å²) in [6.07, 6.45) is 1.81. The van der Waals surface area contributed by atoms with Crippen LogP contribution in [0.15, 0.2) is 12.1 Å². The summed E-state index contributed by atoms with van der Waals surface area (Å²) in [5, 5.41) is 12.5. The predicted octanol–water partition coefficient (Wildman–Crippen LogP) is 1.30. The minimum atomic E-state index is -0.348. The molecule has 0 saturated heterocycles. The largest absolute Gasteiger partial charge is 0.508 e. The number of carbonyl (C=O) groups is 1. The fourth-order valence-electron chi connectivity index (χ4n) is 1.85. The molecular formula is C12H15NO4.